The first-order valence-corrected chi connectivity index (χ1v) is 6.93. The summed E-state index contributed by atoms with van der Waals surface area (Å²) in [7, 11) is 1.92. The summed E-state index contributed by atoms with van der Waals surface area (Å²) < 4.78 is 36.4. The topological polar surface area (TPSA) is 53.9 Å². The van der Waals surface area contributed by atoms with Crippen LogP contribution in [0.3, 0.4) is 0 Å². The van der Waals surface area contributed by atoms with E-state index >= 15 is 0 Å². The average molecular weight is 313 g/mol. The van der Waals surface area contributed by atoms with Gasteiger partial charge in [-0.15, -0.1) is 0 Å². The van der Waals surface area contributed by atoms with Crippen LogP contribution in [0, 0.1) is 0 Å². The van der Waals surface area contributed by atoms with Crippen molar-refractivity contribution in [3.8, 4) is 0 Å². The fraction of sp³-hybridized carbons (Fsp3) is 0.583. The zero-order valence-electron chi connectivity index (χ0n) is 12.0. The molecule has 0 saturated carbocycles. The molecule has 1 aromatic heterocycles. The van der Waals surface area contributed by atoms with Crippen molar-refractivity contribution in [2.24, 2.45) is 5.16 Å². The first kappa shape index (κ1) is 15.1. The third kappa shape index (κ3) is 3.67. The van der Waals surface area contributed by atoms with Crippen LogP contribution in [0.25, 0.3) is 0 Å². The van der Waals surface area contributed by atoms with Gasteiger partial charge in [-0.3, -0.25) is 4.90 Å². The van der Waals surface area contributed by atoms with E-state index in [2.05, 4.69) is 15.1 Å². The molecular formula is C12H15BF3N5O. The van der Waals surface area contributed by atoms with Crippen molar-refractivity contribution < 1.29 is 18.0 Å². The molecule has 2 aliphatic heterocycles. The number of hydrogen-bond donors (Lipinski definition) is 0. The Hall–Kier alpha value is -1.84. The Labute approximate surface area is 126 Å². The van der Waals surface area contributed by atoms with Crippen molar-refractivity contribution in [2.45, 2.75) is 12.3 Å². The van der Waals surface area contributed by atoms with Crippen LogP contribution in [0.2, 0.25) is 0 Å². The predicted molar refractivity (Wildman–Crippen MR) is 77.2 cm³/mol. The van der Waals surface area contributed by atoms with Crippen molar-refractivity contribution in [3.63, 3.8) is 0 Å². The summed E-state index contributed by atoms with van der Waals surface area (Å²) in [4.78, 5) is 16.9. The van der Waals surface area contributed by atoms with E-state index in [9.17, 15) is 13.2 Å². The second-order valence-corrected chi connectivity index (χ2v) is 5.61. The lowest BCUT2D eigenvalue weighted by Crippen LogP contribution is -2.55. The maximum absolute atomic E-state index is 12.1. The van der Waals surface area contributed by atoms with Gasteiger partial charge in [0.05, 0.1) is 25.3 Å². The summed E-state index contributed by atoms with van der Waals surface area (Å²) in [5.41, 5.74) is 1.84. The highest BCUT2D eigenvalue weighted by molar-refractivity contribution is 6.31. The molecule has 0 unspecified atom stereocenters. The van der Waals surface area contributed by atoms with Gasteiger partial charge in [0, 0.05) is 25.5 Å². The van der Waals surface area contributed by atoms with Gasteiger partial charge < -0.3 is 9.74 Å². The van der Waals surface area contributed by atoms with Gasteiger partial charge in [0.2, 0.25) is 5.95 Å². The van der Waals surface area contributed by atoms with Crippen LogP contribution in [-0.4, -0.2) is 73.4 Å². The monoisotopic (exact) mass is 313 g/mol. The zero-order chi connectivity index (χ0) is 15.7. The number of alkyl halides is 3. The predicted octanol–water partition coefficient (Wildman–Crippen LogP) is -0.826. The quantitative estimate of drug-likeness (QED) is 0.537. The van der Waals surface area contributed by atoms with E-state index in [0.29, 0.717) is 19.0 Å². The Morgan fingerprint density at radius 3 is 2.50 bits per heavy atom. The number of anilines is 1. The molecule has 1 aromatic rings. The molecule has 0 bridgehead atoms. The van der Waals surface area contributed by atoms with Crippen molar-refractivity contribution in [2.75, 3.05) is 37.6 Å². The van der Waals surface area contributed by atoms with Crippen molar-refractivity contribution in [1.82, 2.24) is 14.9 Å². The first-order chi connectivity index (χ1) is 10.4. The van der Waals surface area contributed by atoms with E-state index in [1.54, 1.807) is 12.4 Å². The van der Waals surface area contributed by atoms with Crippen molar-refractivity contribution >= 4 is 25.0 Å². The molecule has 0 aliphatic carbocycles. The lowest BCUT2D eigenvalue weighted by Gasteiger charge is -2.38. The molecule has 0 amide bonds. The second kappa shape index (κ2) is 5.75. The molecule has 6 nitrogen and oxygen atoms in total. The molecule has 10 heteroatoms. The van der Waals surface area contributed by atoms with Crippen LogP contribution in [0.5, 0.6) is 0 Å². The standard InChI is InChI=1S/C12H15BF3N5O/c13-8-1-17-11(18-2-8)21-3-9(4-21)19-22-10-5-20(6-10)7-12(14,15)16/h1-2,10H,3-7,13H2. The number of nitrogens with zero attached hydrogens (tertiary/aromatic N) is 5. The Kier molecular flexibility index (Phi) is 3.94. The van der Waals surface area contributed by atoms with Gasteiger partial charge in [0.15, 0.2) is 6.10 Å². The molecule has 0 radical (unpaired) electrons. The molecule has 2 fully saturated rings. The summed E-state index contributed by atoms with van der Waals surface area (Å²) in [6, 6.07) is 0. The Morgan fingerprint density at radius 2 is 1.91 bits per heavy atom. The van der Waals surface area contributed by atoms with E-state index in [0.717, 1.165) is 11.2 Å². The van der Waals surface area contributed by atoms with Gasteiger partial charge in [-0.1, -0.05) is 10.6 Å². The molecule has 0 N–H and O–H groups in total. The number of likely N-dealkylation sites (tertiary alicyclic amines) is 1. The van der Waals surface area contributed by atoms with E-state index in [1.807, 2.05) is 12.7 Å². The highest BCUT2D eigenvalue weighted by atomic mass is 19.4. The third-order valence-corrected chi connectivity index (χ3v) is 3.45. The number of rotatable bonds is 4. The normalized spacial score (nSPS) is 19.6. The first-order valence-electron chi connectivity index (χ1n) is 6.93. The SMILES string of the molecule is Bc1cnc(N2CC(=NOC3CN(CC(F)(F)F)C3)C2)nc1. The molecule has 3 heterocycles. The molecule has 0 atom stereocenters. The maximum atomic E-state index is 12.1. The Balaban J connectivity index is 1.37. The molecule has 0 aromatic carbocycles. The molecule has 2 aliphatic rings. The van der Waals surface area contributed by atoms with E-state index < -0.39 is 12.7 Å². The minimum atomic E-state index is -4.15. The largest absolute Gasteiger partial charge is 0.401 e. The van der Waals surface area contributed by atoms with Gasteiger partial charge in [0.25, 0.3) is 0 Å². The minimum absolute atomic E-state index is 0.250. The molecule has 3 rings (SSSR count). The summed E-state index contributed by atoms with van der Waals surface area (Å²) in [5.74, 6) is 0.643. The lowest BCUT2D eigenvalue weighted by atomic mass is 10.0. The van der Waals surface area contributed by atoms with Gasteiger partial charge in [-0.25, -0.2) is 9.97 Å². The fourth-order valence-electron chi connectivity index (χ4n) is 2.26. The van der Waals surface area contributed by atoms with Gasteiger partial charge in [0.1, 0.15) is 7.85 Å². The summed E-state index contributed by atoms with van der Waals surface area (Å²) >= 11 is 0. The summed E-state index contributed by atoms with van der Waals surface area (Å²) in [5, 5.41) is 3.99. The maximum Gasteiger partial charge on any atom is 0.401 e. The smallest absolute Gasteiger partial charge is 0.390 e. The highest BCUT2D eigenvalue weighted by Gasteiger charge is 2.38. The fourth-order valence-corrected chi connectivity index (χ4v) is 2.26. The Bertz CT molecular complexity index is 551. The number of oxime groups is 1. The third-order valence-electron chi connectivity index (χ3n) is 3.45. The lowest BCUT2D eigenvalue weighted by molar-refractivity contribution is -0.170. The minimum Gasteiger partial charge on any atom is -0.390 e. The molecule has 0 spiro atoms. The summed E-state index contributed by atoms with van der Waals surface area (Å²) in [6.45, 7) is 0.814. The van der Waals surface area contributed by atoms with Gasteiger partial charge in [-0.05, 0) is 0 Å². The van der Waals surface area contributed by atoms with Crippen molar-refractivity contribution in [1.29, 1.82) is 0 Å². The average Bonchev–Trinajstić information content (AvgIpc) is 2.34. The van der Waals surface area contributed by atoms with Gasteiger partial charge in [-0.2, -0.15) is 13.2 Å². The molecular weight excluding hydrogens is 298 g/mol. The second-order valence-electron chi connectivity index (χ2n) is 5.61. The van der Waals surface area contributed by atoms with Crippen LogP contribution in [0.1, 0.15) is 0 Å². The van der Waals surface area contributed by atoms with Crippen LogP contribution in [0.4, 0.5) is 19.1 Å². The van der Waals surface area contributed by atoms with E-state index in [-0.39, 0.29) is 19.2 Å². The van der Waals surface area contributed by atoms with Crippen molar-refractivity contribution in [3.05, 3.63) is 12.4 Å². The molecule has 118 valence electrons. The number of hydrogen-bond acceptors (Lipinski definition) is 6. The molecule has 22 heavy (non-hydrogen) atoms. The highest BCUT2D eigenvalue weighted by Crippen LogP contribution is 2.22. The van der Waals surface area contributed by atoms with Crippen LogP contribution in [-0.2, 0) is 4.84 Å². The van der Waals surface area contributed by atoms with Crippen LogP contribution < -0.4 is 10.4 Å². The van der Waals surface area contributed by atoms with E-state index in [1.165, 1.54) is 4.90 Å². The zero-order valence-corrected chi connectivity index (χ0v) is 12.0. The number of halogens is 3. The molecule has 2 saturated heterocycles. The summed E-state index contributed by atoms with van der Waals surface area (Å²) in [6.07, 6.45) is -0.909. The van der Waals surface area contributed by atoms with Gasteiger partial charge >= 0.3 is 6.18 Å². The van der Waals surface area contributed by atoms with Crippen LogP contribution >= 0.6 is 0 Å². The number of aromatic nitrogens is 2. The Morgan fingerprint density at radius 1 is 1.27 bits per heavy atom. The van der Waals surface area contributed by atoms with Crippen LogP contribution in [0.15, 0.2) is 17.5 Å². The van der Waals surface area contributed by atoms with E-state index in [4.69, 9.17) is 4.84 Å².